The number of amides is 1. The highest BCUT2D eigenvalue weighted by Gasteiger charge is 2.15. The molecule has 0 spiro atoms. The molecule has 20 heavy (non-hydrogen) atoms. The van der Waals surface area contributed by atoms with Crippen molar-refractivity contribution in [3.63, 3.8) is 0 Å². The van der Waals surface area contributed by atoms with E-state index in [9.17, 15) is 9.59 Å². The standard InChI is InChI=1S/C15H14BrNO2S/c1-10(18)13-7-8-14(20-13)15(19)17(2)9-11-3-5-12(16)6-4-11/h3-8H,9H2,1-2H3. The number of ketones is 1. The lowest BCUT2D eigenvalue weighted by Gasteiger charge is -2.16. The minimum Gasteiger partial charge on any atom is -0.337 e. The van der Waals surface area contributed by atoms with Gasteiger partial charge in [-0.1, -0.05) is 28.1 Å². The second-order valence-electron chi connectivity index (χ2n) is 4.51. The monoisotopic (exact) mass is 351 g/mol. The summed E-state index contributed by atoms with van der Waals surface area (Å²) in [6.07, 6.45) is 0. The number of Topliss-reactive ketones (excluding diaryl/α,β-unsaturated/α-hetero) is 1. The van der Waals surface area contributed by atoms with Crippen LogP contribution in [0, 0.1) is 0 Å². The molecule has 3 nitrogen and oxygen atoms in total. The lowest BCUT2D eigenvalue weighted by molar-refractivity contribution is 0.0789. The summed E-state index contributed by atoms with van der Waals surface area (Å²) in [7, 11) is 1.76. The molecule has 1 aromatic carbocycles. The summed E-state index contributed by atoms with van der Waals surface area (Å²) in [6, 6.07) is 11.3. The van der Waals surface area contributed by atoms with Crippen LogP contribution in [0.1, 0.15) is 31.8 Å². The van der Waals surface area contributed by atoms with Crippen molar-refractivity contribution < 1.29 is 9.59 Å². The van der Waals surface area contributed by atoms with Gasteiger partial charge >= 0.3 is 0 Å². The van der Waals surface area contributed by atoms with Gasteiger partial charge < -0.3 is 4.90 Å². The third kappa shape index (κ3) is 3.55. The maximum Gasteiger partial charge on any atom is 0.263 e. The fraction of sp³-hybridized carbons (Fsp3) is 0.200. The number of nitrogens with zero attached hydrogens (tertiary/aromatic N) is 1. The zero-order chi connectivity index (χ0) is 14.7. The first-order valence-electron chi connectivity index (χ1n) is 6.08. The molecule has 1 heterocycles. The van der Waals surface area contributed by atoms with Crippen molar-refractivity contribution >= 4 is 39.0 Å². The summed E-state index contributed by atoms with van der Waals surface area (Å²) in [5.41, 5.74) is 1.06. The molecule has 0 unspecified atom stereocenters. The summed E-state index contributed by atoms with van der Waals surface area (Å²) in [6.45, 7) is 2.05. The maximum absolute atomic E-state index is 12.3. The van der Waals surface area contributed by atoms with Gasteiger partial charge in [0.05, 0.1) is 9.75 Å². The fourth-order valence-corrected chi connectivity index (χ4v) is 2.93. The van der Waals surface area contributed by atoms with Crippen molar-refractivity contribution in [1.82, 2.24) is 4.90 Å². The summed E-state index contributed by atoms with van der Waals surface area (Å²) < 4.78 is 1.01. The van der Waals surface area contributed by atoms with Gasteiger partial charge in [-0.15, -0.1) is 11.3 Å². The average Bonchev–Trinajstić information content (AvgIpc) is 2.90. The molecule has 104 valence electrons. The number of rotatable bonds is 4. The van der Waals surface area contributed by atoms with E-state index in [4.69, 9.17) is 0 Å². The normalized spacial score (nSPS) is 10.3. The Balaban J connectivity index is 2.07. The van der Waals surface area contributed by atoms with Crippen LogP contribution in [0.4, 0.5) is 0 Å². The topological polar surface area (TPSA) is 37.4 Å². The van der Waals surface area contributed by atoms with Gasteiger partial charge in [0.2, 0.25) is 0 Å². The molecule has 0 radical (unpaired) electrons. The second kappa shape index (κ2) is 6.33. The largest absolute Gasteiger partial charge is 0.337 e. The van der Waals surface area contributed by atoms with Crippen LogP contribution in [0.5, 0.6) is 0 Å². The third-order valence-electron chi connectivity index (χ3n) is 2.84. The number of halogens is 1. The maximum atomic E-state index is 12.3. The van der Waals surface area contributed by atoms with Crippen molar-refractivity contribution in [3.8, 4) is 0 Å². The van der Waals surface area contributed by atoms with Crippen LogP contribution in [-0.2, 0) is 6.54 Å². The Morgan fingerprint density at radius 3 is 2.25 bits per heavy atom. The van der Waals surface area contributed by atoms with E-state index < -0.39 is 0 Å². The molecule has 0 atom stereocenters. The van der Waals surface area contributed by atoms with Crippen molar-refractivity contribution in [1.29, 1.82) is 0 Å². The van der Waals surface area contributed by atoms with E-state index in [1.807, 2.05) is 24.3 Å². The molecule has 0 aliphatic rings. The van der Waals surface area contributed by atoms with Gasteiger partial charge in [0.15, 0.2) is 5.78 Å². The minimum absolute atomic E-state index is 0.00962. The summed E-state index contributed by atoms with van der Waals surface area (Å²) in [5, 5.41) is 0. The summed E-state index contributed by atoms with van der Waals surface area (Å²) in [5.74, 6) is -0.0740. The van der Waals surface area contributed by atoms with Crippen LogP contribution >= 0.6 is 27.3 Å². The summed E-state index contributed by atoms with van der Waals surface area (Å²) in [4.78, 5) is 26.4. The predicted octanol–water partition coefficient (Wildman–Crippen LogP) is 3.99. The molecule has 1 amide bonds. The molecule has 0 fully saturated rings. The smallest absolute Gasteiger partial charge is 0.263 e. The van der Waals surface area contributed by atoms with E-state index in [1.54, 1.807) is 24.1 Å². The highest BCUT2D eigenvalue weighted by Crippen LogP contribution is 2.19. The molecule has 0 aliphatic heterocycles. The minimum atomic E-state index is -0.0644. The van der Waals surface area contributed by atoms with Crippen molar-refractivity contribution in [2.24, 2.45) is 0 Å². The molecule has 5 heteroatoms. The highest BCUT2D eigenvalue weighted by atomic mass is 79.9. The molecular formula is C15H14BrNO2S. The van der Waals surface area contributed by atoms with Gasteiger partial charge in [0.1, 0.15) is 0 Å². The number of thiophene rings is 1. The first-order chi connectivity index (χ1) is 9.47. The van der Waals surface area contributed by atoms with Crippen LogP contribution in [0.2, 0.25) is 0 Å². The van der Waals surface area contributed by atoms with Gasteiger partial charge in [0, 0.05) is 18.1 Å². The van der Waals surface area contributed by atoms with Crippen molar-refractivity contribution in [2.75, 3.05) is 7.05 Å². The number of hydrogen-bond donors (Lipinski definition) is 0. The van der Waals surface area contributed by atoms with Gasteiger partial charge in [-0.25, -0.2) is 0 Å². The molecule has 1 aromatic heterocycles. The quantitative estimate of drug-likeness (QED) is 0.781. The van der Waals surface area contributed by atoms with Crippen LogP contribution in [-0.4, -0.2) is 23.6 Å². The molecule has 0 saturated carbocycles. The number of hydrogen-bond acceptors (Lipinski definition) is 3. The van der Waals surface area contributed by atoms with E-state index in [1.165, 1.54) is 18.3 Å². The first kappa shape index (κ1) is 14.9. The first-order valence-corrected chi connectivity index (χ1v) is 7.69. The Hall–Kier alpha value is -1.46. The third-order valence-corrected chi connectivity index (χ3v) is 4.55. The van der Waals surface area contributed by atoms with E-state index >= 15 is 0 Å². The van der Waals surface area contributed by atoms with E-state index in [-0.39, 0.29) is 11.7 Å². The molecule has 0 bridgehead atoms. The van der Waals surface area contributed by atoms with Gasteiger partial charge in [0.25, 0.3) is 5.91 Å². The van der Waals surface area contributed by atoms with Crippen LogP contribution < -0.4 is 0 Å². The molecule has 0 aliphatic carbocycles. The van der Waals surface area contributed by atoms with Crippen LogP contribution in [0.15, 0.2) is 40.9 Å². The SMILES string of the molecule is CC(=O)c1ccc(C(=O)N(C)Cc2ccc(Br)cc2)s1. The number of carbonyl (C=O) groups excluding carboxylic acids is 2. The molecule has 0 N–H and O–H groups in total. The van der Waals surface area contributed by atoms with Crippen LogP contribution in [0.3, 0.4) is 0 Å². The molecular weight excluding hydrogens is 338 g/mol. The van der Waals surface area contributed by atoms with Crippen molar-refractivity contribution in [2.45, 2.75) is 13.5 Å². The number of carbonyl (C=O) groups is 2. The Morgan fingerprint density at radius 2 is 1.70 bits per heavy atom. The van der Waals surface area contributed by atoms with E-state index in [0.29, 0.717) is 16.3 Å². The van der Waals surface area contributed by atoms with Crippen molar-refractivity contribution in [3.05, 3.63) is 56.2 Å². The lowest BCUT2D eigenvalue weighted by atomic mass is 10.2. The van der Waals surface area contributed by atoms with E-state index in [2.05, 4.69) is 15.9 Å². The van der Waals surface area contributed by atoms with Gasteiger partial charge in [-0.05, 0) is 36.8 Å². The Labute approximate surface area is 130 Å². The molecule has 0 saturated heterocycles. The van der Waals surface area contributed by atoms with Gasteiger partial charge in [-0.2, -0.15) is 0 Å². The Morgan fingerprint density at radius 1 is 1.10 bits per heavy atom. The summed E-state index contributed by atoms with van der Waals surface area (Å²) >= 11 is 4.62. The lowest BCUT2D eigenvalue weighted by Crippen LogP contribution is -2.25. The Kier molecular flexibility index (Phi) is 4.73. The zero-order valence-corrected chi connectivity index (χ0v) is 13.6. The molecule has 2 rings (SSSR count). The Bertz CT molecular complexity index is 634. The fourth-order valence-electron chi connectivity index (χ4n) is 1.77. The average molecular weight is 352 g/mol. The number of benzene rings is 1. The van der Waals surface area contributed by atoms with Crippen LogP contribution in [0.25, 0.3) is 0 Å². The molecule has 2 aromatic rings. The van der Waals surface area contributed by atoms with Gasteiger partial charge in [-0.3, -0.25) is 9.59 Å². The zero-order valence-electron chi connectivity index (χ0n) is 11.2. The highest BCUT2D eigenvalue weighted by molar-refractivity contribution is 9.10. The van der Waals surface area contributed by atoms with E-state index in [0.717, 1.165) is 10.0 Å². The second-order valence-corrected chi connectivity index (χ2v) is 6.51. The predicted molar refractivity (Wildman–Crippen MR) is 84.3 cm³/mol.